The SMILES string of the molecule is CCc1ccc(C(C)(C)CNC(=NC)NCc2ccccn2)cc1. The van der Waals surface area contributed by atoms with E-state index in [9.17, 15) is 0 Å². The lowest BCUT2D eigenvalue weighted by Crippen LogP contribution is -2.43. The van der Waals surface area contributed by atoms with Gasteiger partial charge in [0.1, 0.15) is 0 Å². The quantitative estimate of drug-likeness (QED) is 0.633. The second-order valence-electron chi connectivity index (χ2n) is 6.53. The molecular weight excluding hydrogens is 296 g/mol. The van der Waals surface area contributed by atoms with E-state index in [1.807, 2.05) is 18.2 Å². The van der Waals surface area contributed by atoms with Gasteiger partial charge >= 0.3 is 0 Å². The van der Waals surface area contributed by atoms with Gasteiger partial charge in [-0.15, -0.1) is 0 Å². The van der Waals surface area contributed by atoms with E-state index in [-0.39, 0.29) is 5.41 Å². The van der Waals surface area contributed by atoms with Crippen LogP contribution in [0.25, 0.3) is 0 Å². The highest BCUT2D eigenvalue weighted by molar-refractivity contribution is 5.79. The maximum Gasteiger partial charge on any atom is 0.191 e. The Kier molecular flexibility index (Phi) is 6.36. The van der Waals surface area contributed by atoms with Crippen LogP contribution < -0.4 is 10.6 Å². The molecule has 1 aromatic heterocycles. The van der Waals surface area contributed by atoms with Crippen LogP contribution in [-0.2, 0) is 18.4 Å². The first kappa shape index (κ1) is 18.0. The van der Waals surface area contributed by atoms with Gasteiger partial charge in [-0.2, -0.15) is 0 Å². The Bertz CT molecular complexity index is 645. The molecule has 0 saturated carbocycles. The number of nitrogens with zero attached hydrogens (tertiary/aromatic N) is 2. The lowest BCUT2D eigenvalue weighted by molar-refractivity contribution is 0.508. The summed E-state index contributed by atoms with van der Waals surface area (Å²) >= 11 is 0. The van der Waals surface area contributed by atoms with Crippen molar-refractivity contribution in [3.05, 3.63) is 65.5 Å². The third-order valence-electron chi connectivity index (χ3n) is 4.23. The number of guanidine groups is 1. The minimum atomic E-state index is 0.0227. The van der Waals surface area contributed by atoms with E-state index in [1.165, 1.54) is 11.1 Å². The van der Waals surface area contributed by atoms with Crippen molar-refractivity contribution in [1.29, 1.82) is 0 Å². The molecule has 1 heterocycles. The van der Waals surface area contributed by atoms with Crippen LogP contribution in [0.3, 0.4) is 0 Å². The molecule has 0 atom stereocenters. The van der Waals surface area contributed by atoms with E-state index in [2.05, 4.69) is 65.6 Å². The summed E-state index contributed by atoms with van der Waals surface area (Å²) in [6.45, 7) is 8.13. The van der Waals surface area contributed by atoms with E-state index in [4.69, 9.17) is 0 Å². The van der Waals surface area contributed by atoms with Gasteiger partial charge in [0.05, 0.1) is 12.2 Å². The smallest absolute Gasteiger partial charge is 0.191 e. The van der Waals surface area contributed by atoms with Gasteiger partial charge in [0.25, 0.3) is 0 Å². The number of aliphatic imine (C=N–C) groups is 1. The van der Waals surface area contributed by atoms with Crippen LogP contribution in [0.4, 0.5) is 0 Å². The highest BCUT2D eigenvalue weighted by atomic mass is 15.2. The molecule has 0 unspecified atom stereocenters. The summed E-state index contributed by atoms with van der Waals surface area (Å²) in [4.78, 5) is 8.61. The first-order valence-corrected chi connectivity index (χ1v) is 8.49. The summed E-state index contributed by atoms with van der Waals surface area (Å²) in [5, 5.41) is 6.72. The van der Waals surface area contributed by atoms with Crippen molar-refractivity contribution in [2.45, 2.75) is 39.2 Å². The minimum absolute atomic E-state index is 0.0227. The monoisotopic (exact) mass is 324 g/mol. The Morgan fingerprint density at radius 1 is 1.08 bits per heavy atom. The molecule has 2 N–H and O–H groups in total. The summed E-state index contributed by atoms with van der Waals surface area (Å²) in [6, 6.07) is 14.8. The largest absolute Gasteiger partial charge is 0.356 e. The second-order valence-corrected chi connectivity index (χ2v) is 6.53. The summed E-state index contributed by atoms with van der Waals surface area (Å²) in [5.74, 6) is 0.791. The first-order chi connectivity index (χ1) is 11.5. The molecule has 128 valence electrons. The van der Waals surface area contributed by atoms with E-state index in [1.54, 1.807) is 13.2 Å². The number of benzene rings is 1. The average Bonchev–Trinajstić information content (AvgIpc) is 2.62. The number of nitrogens with one attached hydrogen (secondary N) is 2. The summed E-state index contributed by atoms with van der Waals surface area (Å²) in [6.07, 6.45) is 2.87. The molecule has 0 aliphatic carbocycles. The maximum atomic E-state index is 4.31. The van der Waals surface area contributed by atoms with Gasteiger partial charge in [0, 0.05) is 25.2 Å². The predicted molar refractivity (Wildman–Crippen MR) is 101 cm³/mol. The molecule has 0 radical (unpaired) electrons. The van der Waals surface area contributed by atoms with Gasteiger partial charge in [-0.05, 0) is 29.7 Å². The molecule has 4 heteroatoms. The van der Waals surface area contributed by atoms with E-state index in [0.29, 0.717) is 6.54 Å². The molecular formula is C20H28N4. The zero-order chi connectivity index (χ0) is 17.4. The molecule has 0 fully saturated rings. The van der Waals surface area contributed by atoms with Crippen LogP contribution in [0.1, 0.15) is 37.6 Å². The molecule has 0 spiro atoms. The van der Waals surface area contributed by atoms with Crippen molar-refractivity contribution in [1.82, 2.24) is 15.6 Å². The van der Waals surface area contributed by atoms with Crippen LogP contribution in [0.2, 0.25) is 0 Å². The molecule has 0 saturated heterocycles. The average molecular weight is 324 g/mol. The van der Waals surface area contributed by atoms with Crippen molar-refractivity contribution >= 4 is 5.96 Å². The van der Waals surface area contributed by atoms with Gasteiger partial charge in [0.15, 0.2) is 5.96 Å². The summed E-state index contributed by atoms with van der Waals surface area (Å²) in [5.41, 5.74) is 3.71. The Balaban J connectivity index is 1.91. The predicted octanol–water partition coefficient (Wildman–Crippen LogP) is 3.29. The number of hydrogen-bond acceptors (Lipinski definition) is 2. The van der Waals surface area contributed by atoms with Gasteiger partial charge in [-0.1, -0.05) is 51.1 Å². The Morgan fingerprint density at radius 2 is 1.83 bits per heavy atom. The van der Waals surface area contributed by atoms with Gasteiger partial charge in [-0.25, -0.2) is 0 Å². The van der Waals surface area contributed by atoms with Gasteiger partial charge < -0.3 is 10.6 Å². The summed E-state index contributed by atoms with van der Waals surface area (Å²) in [7, 11) is 1.79. The fourth-order valence-electron chi connectivity index (χ4n) is 2.50. The Hall–Kier alpha value is -2.36. The summed E-state index contributed by atoms with van der Waals surface area (Å²) < 4.78 is 0. The molecule has 2 aromatic rings. The standard InChI is InChI=1S/C20H28N4/c1-5-16-9-11-17(12-10-16)20(2,3)15-24-19(21-4)23-14-18-8-6-7-13-22-18/h6-13H,5,14-15H2,1-4H3,(H2,21,23,24). The number of aromatic nitrogens is 1. The molecule has 0 amide bonds. The topological polar surface area (TPSA) is 49.3 Å². The molecule has 24 heavy (non-hydrogen) atoms. The number of aryl methyl sites for hydroxylation is 1. The normalized spacial score (nSPS) is 12.1. The minimum Gasteiger partial charge on any atom is -0.356 e. The van der Waals surface area contributed by atoms with Crippen LogP contribution in [-0.4, -0.2) is 24.5 Å². The van der Waals surface area contributed by atoms with Crippen molar-refractivity contribution in [2.75, 3.05) is 13.6 Å². The first-order valence-electron chi connectivity index (χ1n) is 8.49. The van der Waals surface area contributed by atoms with E-state index < -0.39 is 0 Å². The van der Waals surface area contributed by atoms with Crippen LogP contribution in [0.15, 0.2) is 53.7 Å². The number of rotatable bonds is 6. The fraction of sp³-hybridized carbons (Fsp3) is 0.400. The lowest BCUT2D eigenvalue weighted by Gasteiger charge is -2.27. The fourth-order valence-corrected chi connectivity index (χ4v) is 2.50. The molecule has 4 nitrogen and oxygen atoms in total. The molecule has 0 aliphatic heterocycles. The van der Waals surface area contributed by atoms with Crippen LogP contribution in [0, 0.1) is 0 Å². The van der Waals surface area contributed by atoms with Crippen molar-refractivity contribution in [2.24, 2.45) is 4.99 Å². The van der Waals surface area contributed by atoms with E-state index in [0.717, 1.165) is 24.6 Å². The molecule has 0 aliphatic rings. The molecule has 1 aromatic carbocycles. The van der Waals surface area contributed by atoms with Gasteiger partial charge in [0.2, 0.25) is 0 Å². The Labute approximate surface area is 145 Å². The lowest BCUT2D eigenvalue weighted by atomic mass is 9.84. The second kappa shape index (κ2) is 8.48. The third-order valence-corrected chi connectivity index (χ3v) is 4.23. The van der Waals surface area contributed by atoms with Crippen LogP contribution >= 0.6 is 0 Å². The Morgan fingerprint density at radius 3 is 2.42 bits per heavy atom. The third kappa shape index (κ3) is 5.08. The van der Waals surface area contributed by atoms with Crippen molar-refractivity contribution in [3.63, 3.8) is 0 Å². The van der Waals surface area contributed by atoms with Crippen LogP contribution in [0.5, 0.6) is 0 Å². The van der Waals surface area contributed by atoms with Crippen molar-refractivity contribution in [3.8, 4) is 0 Å². The zero-order valence-corrected chi connectivity index (χ0v) is 15.1. The zero-order valence-electron chi connectivity index (χ0n) is 15.1. The van der Waals surface area contributed by atoms with Crippen molar-refractivity contribution < 1.29 is 0 Å². The molecule has 0 bridgehead atoms. The maximum absolute atomic E-state index is 4.31. The highest BCUT2D eigenvalue weighted by Gasteiger charge is 2.20. The number of pyridine rings is 1. The highest BCUT2D eigenvalue weighted by Crippen LogP contribution is 2.22. The number of hydrogen-bond donors (Lipinski definition) is 2. The molecule has 2 rings (SSSR count). The van der Waals surface area contributed by atoms with Gasteiger partial charge in [-0.3, -0.25) is 9.98 Å². The van der Waals surface area contributed by atoms with E-state index >= 15 is 0 Å².